The lowest BCUT2D eigenvalue weighted by Crippen LogP contribution is -2.42. The van der Waals surface area contributed by atoms with E-state index in [0.29, 0.717) is 5.56 Å². The molecule has 0 spiro atoms. The van der Waals surface area contributed by atoms with Crippen molar-refractivity contribution in [3.63, 3.8) is 0 Å². The summed E-state index contributed by atoms with van der Waals surface area (Å²) < 4.78 is 13.6. The number of hydrogen-bond donors (Lipinski definition) is 1. The highest BCUT2D eigenvalue weighted by molar-refractivity contribution is 6.27. The molecule has 1 aromatic rings. The summed E-state index contributed by atoms with van der Waals surface area (Å²) in [5.41, 5.74) is 1.28. The zero-order valence-electron chi connectivity index (χ0n) is 12.2. The largest absolute Gasteiger partial charge is 0.391 e. The molecule has 1 unspecified atom stereocenters. The fraction of sp³-hybridized carbons (Fsp3) is 0.562. The van der Waals surface area contributed by atoms with Crippen molar-refractivity contribution in [3.05, 3.63) is 35.1 Å². The Hall–Kier alpha value is -1.13. The Morgan fingerprint density at radius 2 is 2.24 bits per heavy atom. The van der Waals surface area contributed by atoms with Crippen molar-refractivity contribution in [1.29, 1.82) is 0 Å². The van der Waals surface area contributed by atoms with Crippen molar-refractivity contribution in [2.24, 2.45) is 5.92 Å². The fourth-order valence-corrected chi connectivity index (χ4v) is 2.74. The molecule has 0 aliphatic heterocycles. The Balaban J connectivity index is 2.08. The van der Waals surface area contributed by atoms with E-state index in [-0.39, 0.29) is 36.6 Å². The summed E-state index contributed by atoms with van der Waals surface area (Å²) in [7, 11) is 0. The molecule has 1 N–H and O–H groups in total. The standard InChI is InChI=1S/C16H21ClFNO2/c1-11-13(6-3-7-14(11)18)9-19(16(21)8-17)10-15(20)12-4-2-5-12/h3,6-7,12,15,20H,2,4-5,8-10H2,1H3. The van der Waals surface area contributed by atoms with E-state index in [4.69, 9.17) is 11.6 Å². The highest BCUT2D eigenvalue weighted by Gasteiger charge is 2.28. The minimum Gasteiger partial charge on any atom is -0.391 e. The molecular weight excluding hydrogens is 293 g/mol. The summed E-state index contributed by atoms with van der Waals surface area (Å²) in [6, 6.07) is 4.82. The Kier molecular flexibility index (Phi) is 5.59. The van der Waals surface area contributed by atoms with E-state index in [2.05, 4.69) is 0 Å². The van der Waals surface area contributed by atoms with Crippen molar-refractivity contribution in [3.8, 4) is 0 Å². The molecule has 1 saturated carbocycles. The minimum atomic E-state index is -0.528. The Morgan fingerprint density at radius 3 is 2.81 bits per heavy atom. The molecule has 1 amide bonds. The number of halogens is 2. The molecular formula is C16H21ClFNO2. The molecule has 0 bridgehead atoms. The van der Waals surface area contributed by atoms with Crippen LogP contribution in [0, 0.1) is 18.7 Å². The third-order valence-electron chi connectivity index (χ3n) is 4.31. The first-order valence-electron chi connectivity index (χ1n) is 7.28. The molecule has 0 radical (unpaired) electrons. The van der Waals surface area contributed by atoms with Gasteiger partial charge >= 0.3 is 0 Å². The van der Waals surface area contributed by atoms with Crippen LogP contribution in [0.2, 0.25) is 0 Å². The third-order valence-corrected chi connectivity index (χ3v) is 4.54. The first-order valence-corrected chi connectivity index (χ1v) is 7.82. The van der Waals surface area contributed by atoms with Crippen LogP contribution in [-0.4, -0.2) is 34.4 Å². The van der Waals surface area contributed by atoms with Crippen molar-refractivity contribution < 1.29 is 14.3 Å². The first kappa shape index (κ1) is 16.2. The van der Waals surface area contributed by atoms with Crippen LogP contribution in [0.1, 0.15) is 30.4 Å². The van der Waals surface area contributed by atoms with Gasteiger partial charge in [0.05, 0.1) is 6.10 Å². The van der Waals surface area contributed by atoms with E-state index < -0.39 is 6.10 Å². The van der Waals surface area contributed by atoms with Gasteiger partial charge < -0.3 is 10.0 Å². The molecule has 1 atom stereocenters. The van der Waals surface area contributed by atoms with Gasteiger partial charge in [-0.25, -0.2) is 4.39 Å². The highest BCUT2D eigenvalue weighted by atomic mass is 35.5. The van der Waals surface area contributed by atoms with Crippen LogP contribution in [0.15, 0.2) is 18.2 Å². The zero-order chi connectivity index (χ0) is 15.4. The summed E-state index contributed by atoms with van der Waals surface area (Å²) in [4.78, 5) is 13.5. The molecule has 3 nitrogen and oxygen atoms in total. The van der Waals surface area contributed by atoms with E-state index in [9.17, 15) is 14.3 Å². The summed E-state index contributed by atoms with van der Waals surface area (Å²) in [6.07, 6.45) is 2.61. The lowest BCUT2D eigenvalue weighted by atomic mass is 9.81. The summed E-state index contributed by atoms with van der Waals surface area (Å²) in [6.45, 7) is 2.22. The monoisotopic (exact) mass is 313 g/mol. The van der Waals surface area contributed by atoms with Gasteiger partial charge in [-0.15, -0.1) is 11.6 Å². The zero-order valence-corrected chi connectivity index (χ0v) is 12.9. The van der Waals surface area contributed by atoms with E-state index >= 15 is 0 Å². The van der Waals surface area contributed by atoms with Gasteiger partial charge in [-0.2, -0.15) is 0 Å². The van der Waals surface area contributed by atoms with Gasteiger partial charge in [0.25, 0.3) is 0 Å². The maximum atomic E-state index is 13.6. The lowest BCUT2D eigenvalue weighted by Gasteiger charge is -2.34. The molecule has 0 saturated heterocycles. The first-order chi connectivity index (χ1) is 10.0. The van der Waals surface area contributed by atoms with Gasteiger partial charge in [-0.05, 0) is 42.9 Å². The minimum absolute atomic E-state index is 0.133. The number of nitrogens with zero attached hydrogens (tertiary/aromatic N) is 1. The number of benzene rings is 1. The van der Waals surface area contributed by atoms with Crippen LogP contribution in [0.25, 0.3) is 0 Å². The van der Waals surface area contributed by atoms with Crippen molar-refractivity contribution in [2.75, 3.05) is 12.4 Å². The van der Waals surface area contributed by atoms with Crippen LogP contribution in [0.4, 0.5) is 4.39 Å². The average Bonchev–Trinajstić information content (AvgIpc) is 2.40. The van der Waals surface area contributed by atoms with Crippen LogP contribution in [-0.2, 0) is 11.3 Å². The number of hydrogen-bond acceptors (Lipinski definition) is 2. The van der Waals surface area contributed by atoms with Crippen molar-refractivity contribution in [1.82, 2.24) is 4.90 Å². The molecule has 0 heterocycles. The predicted molar refractivity (Wildman–Crippen MR) is 80.6 cm³/mol. The number of aliphatic hydroxyl groups excluding tert-OH is 1. The quantitative estimate of drug-likeness (QED) is 0.820. The number of amides is 1. The van der Waals surface area contributed by atoms with Gasteiger partial charge in [0.1, 0.15) is 11.7 Å². The Morgan fingerprint density at radius 1 is 1.52 bits per heavy atom. The van der Waals surface area contributed by atoms with E-state index in [1.807, 2.05) is 0 Å². The van der Waals surface area contributed by atoms with E-state index in [1.54, 1.807) is 19.1 Å². The lowest BCUT2D eigenvalue weighted by molar-refractivity contribution is -0.131. The second-order valence-electron chi connectivity index (χ2n) is 5.69. The average molecular weight is 314 g/mol. The van der Waals surface area contributed by atoms with Gasteiger partial charge in [0.2, 0.25) is 5.91 Å². The molecule has 1 aromatic carbocycles. The molecule has 1 fully saturated rings. The van der Waals surface area contributed by atoms with Crippen LogP contribution in [0.3, 0.4) is 0 Å². The molecule has 0 aromatic heterocycles. The van der Waals surface area contributed by atoms with Crippen LogP contribution < -0.4 is 0 Å². The van der Waals surface area contributed by atoms with E-state index in [0.717, 1.165) is 24.8 Å². The second kappa shape index (κ2) is 7.23. The fourth-order valence-electron chi connectivity index (χ4n) is 2.57. The number of carbonyl (C=O) groups excluding carboxylic acids is 1. The molecule has 2 rings (SSSR count). The number of rotatable bonds is 6. The molecule has 1 aliphatic rings. The van der Waals surface area contributed by atoms with Gasteiger partial charge in [-0.1, -0.05) is 18.6 Å². The number of aliphatic hydroxyl groups is 1. The predicted octanol–water partition coefficient (Wildman–Crippen LogP) is 2.86. The topological polar surface area (TPSA) is 40.5 Å². The van der Waals surface area contributed by atoms with Crippen LogP contribution >= 0.6 is 11.6 Å². The molecule has 21 heavy (non-hydrogen) atoms. The maximum absolute atomic E-state index is 13.6. The molecule has 116 valence electrons. The van der Waals surface area contributed by atoms with Crippen LogP contribution in [0.5, 0.6) is 0 Å². The Labute approximate surface area is 129 Å². The third kappa shape index (κ3) is 3.95. The van der Waals surface area contributed by atoms with Gasteiger partial charge in [0, 0.05) is 13.1 Å². The van der Waals surface area contributed by atoms with Gasteiger partial charge in [-0.3, -0.25) is 4.79 Å². The van der Waals surface area contributed by atoms with E-state index in [1.165, 1.54) is 11.0 Å². The second-order valence-corrected chi connectivity index (χ2v) is 5.96. The maximum Gasteiger partial charge on any atom is 0.237 e. The number of alkyl halides is 1. The highest BCUT2D eigenvalue weighted by Crippen LogP contribution is 2.30. The number of carbonyl (C=O) groups is 1. The van der Waals surface area contributed by atoms with Crippen molar-refractivity contribution in [2.45, 2.75) is 38.8 Å². The van der Waals surface area contributed by atoms with Gasteiger partial charge in [0.15, 0.2) is 0 Å². The summed E-state index contributed by atoms with van der Waals surface area (Å²) in [5, 5.41) is 10.2. The van der Waals surface area contributed by atoms with Crippen molar-refractivity contribution >= 4 is 17.5 Å². The SMILES string of the molecule is Cc1c(F)cccc1CN(CC(O)C1CCC1)C(=O)CCl. The Bertz CT molecular complexity index is 505. The molecule has 1 aliphatic carbocycles. The summed E-state index contributed by atoms with van der Waals surface area (Å²) in [5.74, 6) is -0.389. The molecule has 5 heteroatoms. The smallest absolute Gasteiger partial charge is 0.237 e. The summed E-state index contributed by atoms with van der Waals surface area (Å²) >= 11 is 5.65. The normalized spacial score (nSPS) is 16.4.